The first-order valence-corrected chi connectivity index (χ1v) is 5.97. The van der Waals surface area contributed by atoms with Crippen molar-refractivity contribution in [1.82, 2.24) is 0 Å². The fourth-order valence-electron chi connectivity index (χ4n) is 1.47. The van der Waals surface area contributed by atoms with Gasteiger partial charge in [0.25, 0.3) is 0 Å². The normalized spacial score (nSPS) is 10.6. The van der Waals surface area contributed by atoms with E-state index >= 15 is 0 Å². The molecule has 0 aliphatic carbocycles. The molecule has 78 valence electrons. The van der Waals surface area contributed by atoms with Crippen molar-refractivity contribution in [2.24, 2.45) is 0 Å². The van der Waals surface area contributed by atoms with Gasteiger partial charge in [0.1, 0.15) is 4.34 Å². The summed E-state index contributed by atoms with van der Waals surface area (Å²) in [4.78, 5) is 0. The molecule has 0 amide bonds. The van der Waals surface area contributed by atoms with Crippen LogP contribution in [0, 0.1) is 6.92 Å². The van der Waals surface area contributed by atoms with Crippen LogP contribution in [-0.4, -0.2) is 0 Å². The fraction of sp³-hybridized carbons (Fsp3) is 0.0909. The molecule has 0 atom stereocenters. The SMILES string of the molecule is Cc1c(N)cccc1-c1cc(Cl)sc1Cl. The molecule has 0 unspecified atom stereocenters. The van der Waals surface area contributed by atoms with E-state index in [4.69, 9.17) is 28.9 Å². The van der Waals surface area contributed by atoms with Crippen molar-refractivity contribution in [2.45, 2.75) is 6.92 Å². The Labute approximate surface area is 102 Å². The third kappa shape index (κ3) is 1.98. The van der Waals surface area contributed by atoms with Gasteiger partial charge in [-0.2, -0.15) is 0 Å². The van der Waals surface area contributed by atoms with E-state index in [9.17, 15) is 0 Å². The number of benzene rings is 1. The summed E-state index contributed by atoms with van der Waals surface area (Å²) in [5.41, 5.74) is 9.65. The second kappa shape index (κ2) is 4.05. The maximum Gasteiger partial charge on any atom is 0.102 e. The van der Waals surface area contributed by atoms with E-state index < -0.39 is 0 Å². The second-order valence-electron chi connectivity index (χ2n) is 3.26. The highest BCUT2D eigenvalue weighted by atomic mass is 35.5. The molecule has 15 heavy (non-hydrogen) atoms. The lowest BCUT2D eigenvalue weighted by molar-refractivity contribution is 1.47. The van der Waals surface area contributed by atoms with Crippen molar-refractivity contribution in [2.75, 3.05) is 5.73 Å². The third-order valence-electron chi connectivity index (χ3n) is 2.32. The van der Waals surface area contributed by atoms with Gasteiger partial charge >= 0.3 is 0 Å². The van der Waals surface area contributed by atoms with Gasteiger partial charge in [-0.25, -0.2) is 0 Å². The topological polar surface area (TPSA) is 26.0 Å². The minimum atomic E-state index is 0.692. The summed E-state index contributed by atoms with van der Waals surface area (Å²) in [7, 11) is 0. The van der Waals surface area contributed by atoms with Gasteiger partial charge in [-0.3, -0.25) is 0 Å². The van der Waals surface area contributed by atoms with E-state index in [0.717, 1.165) is 22.4 Å². The predicted octanol–water partition coefficient (Wildman–Crippen LogP) is 4.61. The van der Waals surface area contributed by atoms with Crippen LogP contribution in [0.2, 0.25) is 8.67 Å². The summed E-state index contributed by atoms with van der Waals surface area (Å²) in [5, 5.41) is 0. The van der Waals surface area contributed by atoms with Gasteiger partial charge in [0.05, 0.1) is 4.34 Å². The fourth-order valence-corrected chi connectivity index (χ4v) is 2.96. The highest BCUT2D eigenvalue weighted by molar-refractivity contribution is 7.20. The molecule has 0 spiro atoms. The zero-order valence-electron chi connectivity index (χ0n) is 8.05. The molecule has 1 aromatic carbocycles. The number of halogens is 2. The first-order chi connectivity index (χ1) is 7.09. The van der Waals surface area contributed by atoms with Gasteiger partial charge in [0, 0.05) is 11.3 Å². The van der Waals surface area contributed by atoms with Gasteiger partial charge in [-0.1, -0.05) is 35.3 Å². The van der Waals surface area contributed by atoms with Gasteiger partial charge in [-0.15, -0.1) is 11.3 Å². The third-order valence-corrected chi connectivity index (χ3v) is 3.81. The Bertz CT molecular complexity index is 505. The van der Waals surface area contributed by atoms with Crippen LogP contribution in [0.3, 0.4) is 0 Å². The summed E-state index contributed by atoms with van der Waals surface area (Å²) < 4.78 is 1.39. The number of nitrogens with two attached hydrogens (primary N) is 1. The van der Waals surface area contributed by atoms with Crippen molar-refractivity contribution in [1.29, 1.82) is 0 Å². The number of hydrogen-bond acceptors (Lipinski definition) is 2. The van der Waals surface area contributed by atoms with Crippen LogP contribution in [0.25, 0.3) is 11.1 Å². The quantitative estimate of drug-likeness (QED) is 0.742. The van der Waals surface area contributed by atoms with E-state index in [-0.39, 0.29) is 0 Å². The van der Waals surface area contributed by atoms with Crippen LogP contribution in [0.15, 0.2) is 24.3 Å². The van der Waals surface area contributed by atoms with Crippen LogP contribution >= 0.6 is 34.5 Å². The predicted molar refractivity (Wildman–Crippen MR) is 68.9 cm³/mol. The van der Waals surface area contributed by atoms with Crippen molar-refractivity contribution in [3.8, 4) is 11.1 Å². The van der Waals surface area contributed by atoms with Gasteiger partial charge in [0.15, 0.2) is 0 Å². The molecule has 1 heterocycles. The maximum atomic E-state index is 6.10. The molecule has 0 saturated carbocycles. The minimum absolute atomic E-state index is 0.692. The lowest BCUT2D eigenvalue weighted by Gasteiger charge is -2.06. The Balaban J connectivity index is 2.64. The van der Waals surface area contributed by atoms with Gasteiger partial charge in [-0.05, 0) is 30.2 Å². The number of hydrogen-bond donors (Lipinski definition) is 1. The molecule has 0 aliphatic heterocycles. The van der Waals surface area contributed by atoms with Crippen molar-refractivity contribution >= 4 is 40.2 Å². The van der Waals surface area contributed by atoms with Crippen molar-refractivity contribution < 1.29 is 0 Å². The summed E-state index contributed by atoms with van der Waals surface area (Å²) in [6.07, 6.45) is 0. The molecular weight excluding hydrogens is 249 g/mol. The summed E-state index contributed by atoms with van der Waals surface area (Å²) in [6.45, 7) is 1.98. The Morgan fingerprint density at radius 1 is 1.20 bits per heavy atom. The van der Waals surface area contributed by atoms with Crippen LogP contribution in [0.4, 0.5) is 5.69 Å². The number of rotatable bonds is 1. The molecule has 0 radical (unpaired) electrons. The van der Waals surface area contributed by atoms with Crippen LogP contribution < -0.4 is 5.73 Å². The van der Waals surface area contributed by atoms with Crippen molar-refractivity contribution in [3.05, 3.63) is 38.5 Å². The maximum absolute atomic E-state index is 6.10. The zero-order valence-corrected chi connectivity index (χ0v) is 10.4. The zero-order chi connectivity index (χ0) is 11.0. The monoisotopic (exact) mass is 257 g/mol. The first-order valence-electron chi connectivity index (χ1n) is 4.40. The number of thiophene rings is 1. The van der Waals surface area contributed by atoms with Gasteiger partial charge < -0.3 is 5.73 Å². The molecule has 4 heteroatoms. The van der Waals surface area contributed by atoms with E-state index in [0.29, 0.717) is 8.67 Å². The largest absolute Gasteiger partial charge is 0.398 e. The number of anilines is 1. The van der Waals surface area contributed by atoms with E-state index in [1.165, 1.54) is 11.3 Å². The van der Waals surface area contributed by atoms with Gasteiger partial charge in [0.2, 0.25) is 0 Å². The summed E-state index contributed by atoms with van der Waals surface area (Å²) >= 11 is 13.4. The Morgan fingerprint density at radius 2 is 1.93 bits per heavy atom. The first kappa shape index (κ1) is 10.8. The average Bonchev–Trinajstić information content (AvgIpc) is 2.50. The second-order valence-corrected chi connectivity index (χ2v) is 5.54. The molecule has 0 aliphatic rings. The number of nitrogen functional groups attached to an aromatic ring is 1. The molecule has 0 saturated heterocycles. The highest BCUT2D eigenvalue weighted by Gasteiger charge is 2.11. The summed E-state index contributed by atoms with van der Waals surface area (Å²) in [6, 6.07) is 7.66. The van der Waals surface area contributed by atoms with E-state index in [1.807, 2.05) is 31.2 Å². The molecule has 2 rings (SSSR count). The molecule has 2 aromatic rings. The standard InChI is InChI=1S/C11H9Cl2NS/c1-6-7(3-2-4-9(6)14)8-5-10(12)15-11(8)13/h2-5H,14H2,1H3. The Morgan fingerprint density at radius 3 is 2.53 bits per heavy atom. The van der Waals surface area contributed by atoms with Crippen LogP contribution in [0.5, 0.6) is 0 Å². The molecule has 0 bridgehead atoms. The van der Waals surface area contributed by atoms with E-state index in [1.54, 1.807) is 0 Å². The van der Waals surface area contributed by atoms with E-state index in [2.05, 4.69) is 0 Å². The van der Waals surface area contributed by atoms with Crippen LogP contribution in [0.1, 0.15) is 5.56 Å². The van der Waals surface area contributed by atoms with Crippen molar-refractivity contribution in [3.63, 3.8) is 0 Å². The summed E-state index contributed by atoms with van der Waals surface area (Å²) in [5.74, 6) is 0. The molecule has 1 aromatic heterocycles. The highest BCUT2D eigenvalue weighted by Crippen LogP contribution is 2.40. The lowest BCUT2D eigenvalue weighted by Crippen LogP contribution is -1.91. The molecule has 2 N–H and O–H groups in total. The smallest absolute Gasteiger partial charge is 0.102 e. The average molecular weight is 258 g/mol. The molecular formula is C11H9Cl2NS. The Hall–Kier alpha value is -0.700. The lowest BCUT2D eigenvalue weighted by atomic mass is 10.0. The Kier molecular flexibility index (Phi) is 2.91. The minimum Gasteiger partial charge on any atom is -0.398 e. The molecule has 0 fully saturated rings. The molecule has 1 nitrogen and oxygen atoms in total. The van der Waals surface area contributed by atoms with Crippen LogP contribution in [-0.2, 0) is 0 Å².